The number of ketones is 1. The van der Waals surface area contributed by atoms with Crippen LogP contribution in [0.2, 0.25) is 0 Å². The van der Waals surface area contributed by atoms with E-state index in [-0.39, 0.29) is 73.7 Å². The van der Waals surface area contributed by atoms with Crippen LogP contribution in [-0.2, 0) is 52.3 Å². The van der Waals surface area contributed by atoms with Gasteiger partial charge in [-0.1, -0.05) is 61.5 Å². The maximum Gasteiger partial charge on any atom is 0.248 e. The van der Waals surface area contributed by atoms with E-state index in [9.17, 15) is 34.2 Å². The second-order valence-corrected chi connectivity index (χ2v) is 19.3. The zero-order valence-corrected chi connectivity index (χ0v) is 42.3. The van der Waals surface area contributed by atoms with E-state index >= 15 is 0 Å². The van der Waals surface area contributed by atoms with Crippen LogP contribution < -0.4 is 21.3 Å². The number of aliphatic imine (C=N–C) groups is 1. The Bertz CT molecular complexity index is 3000. The lowest BCUT2D eigenvalue weighted by atomic mass is 9.90. The molecule has 0 spiro atoms. The fourth-order valence-corrected chi connectivity index (χ4v) is 9.73. The minimum absolute atomic E-state index is 0.0107. The van der Waals surface area contributed by atoms with Crippen molar-refractivity contribution < 1.29 is 34.2 Å². The summed E-state index contributed by atoms with van der Waals surface area (Å²) >= 11 is 0. The van der Waals surface area contributed by atoms with Crippen LogP contribution in [0.1, 0.15) is 83.0 Å². The number of benzene rings is 3. The third-order valence-corrected chi connectivity index (χ3v) is 14.1. The molecule has 3 aromatic carbocycles. The molecule has 4 amide bonds. The molecule has 7 N–H and O–H groups in total. The van der Waals surface area contributed by atoms with Crippen molar-refractivity contribution in [3.63, 3.8) is 0 Å². The van der Waals surface area contributed by atoms with E-state index in [1.165, 1.54) is 13.3 Å². The maximum atomic E-state index is 13.1. The van der Waals surface area contributed by atoms with Crippen molar-refractivity contribution in [2.45, 2.75) is 84.5 Å². The summed E-state index contributed by atoms with van der Waals surface area (Å²) in [4.78, 5) is 75.2. The lowest BCUT2D eigenvalue weighted by molar-refractivity contribution is -0.136. The number of amides is 4. The Morgan fingerprint density at radius 3 is 2.36 bits per heavy atom. The van der Waals surface area contributed by atoms with Crippen molar-refractivity contribution in [1.82, 2.24) is 50.3 Å². The van der Waals surface area contributed by atoms with Crippen LogP contribution in [0.25, 0.3) is 33.4 Å². The highest BCUT2D eigenvalue weighted by Crippen LogP contribution is 2.38. The van der Waals surface area contributed by atoms with E-state index in [1.807, 2.05) is 72.5 Å². The molecule has 2 aliphatic heterocycles. The highest BCUT2D eigenvalue weighted by atomic mass is 16.3. The molecule has 0 radical (unpaired) electrons. The Labute approximate surface area is 424 Å². The molecule has 3 aromatic heterocycles. The van der Waals surface area contributed by atoms with Gasteiger partial charge in [-0.25, -0.2) is 0 Å². The molecule has 384 valence electrons. The van der Waals surface area contributed by atoms with Gasteiger partial charge >= 0.3 is 0 Å². The van der Waals surface area contributed by atoms with Crippen LogP contribution >= 0.6 is 0 Å². The largest absolute Gasteiger partial charge is 0.388 e. The number of hydrogen-bond donors (Lipinski definition) is 7. The van der Waals surface area contributed by atoms with Crippen LogP contribution in [0.15, 0.2) is 77.9 Å². The molecular formula is C54H66N12O7. The Balaban J connectivity index is 0.765. The van der Waals surface area contributed by atoms with E-state index < -0.39 is 12.2 Å². The molecule has 19 heteroatoms. The number of carbonyl (C=O) groups is 5. The summed E-state index contributed by atoms with van der Waals surface area (Å²) in [6, 6.07) is 21.6. The molecule has 0 saturated carbocycles. The number of fused-ring (bicyclic) bond motifs is 3. The van der Waals surface area contributed by atoms with Crippen molar-refractivity contribution in [2.75, 3.05) is 57.7 Å². The summed E-state index contributed by atoms with van der Waals surface area (Å²) in [5.74, 6) is -0.821. The Kier molecular flexibility index (Phi) is 16.3. The van der Waals surface area contributed by atoms with Gasteiger partial charge in [0.15, 0.2) is 11.5 Å². The third-order valence-electron chi connectivity index (χ3n) is 14.1. The number of anilines is 1. The molecule has 0 unspecified atom stereocenters. The van der Waals surface area contributed by atoms with E-state index in [2.05, 4.69) is 56.3 Å². The molecule has 0 aliphatic carbocycles. The van der Waals surface area contributed by atoms with Gasteiger partial charge in [0.25, 0.3) is 0 Å². The quantitative estimate of drug-likeness (QED) is 0.0248. The number of H-pyrrole nitrogens is 1. The summed E-state index contributed by atoms with van der Waals surface area (Å²) in [5, 5.41) is 43.0. The molecule has 2 aliphatic rings. The van der Waals surface area contributed by atoms with E-state index in [0.29, 0.717) is 75.5 Å². The maximum absolute atomic E-state index is 13.1. The standard InChI is InChI=1S/C54H66N12O7/c1-34-25-41(49-42-29-65(48(72)31-67)21-15-43(42)60-50(49)36(34)3)44-16-22-66(61-44)30-46(70)58-20-19-57-45(69)28-55-27-38-11-13-40(14-12-38)53-52(51(37(4)68)62-63(53)5)59-33-56-32-54(73)17-23-64(24-18-54)47(71)26-35(2)39-9-7-6-8-10-39/h6-14,16,22,25,33,35,55,60,67,73H,15,17-21,23-24,26-32H2,1-5H3,(H,56,59)(H,57,69)(H,58,70)/t35-/m1/s1. The number of nitrogens with zero attached hydrogens (tertiary/aromatic N) is 7. The van der Waals surface area contributed by atoms with Gasteiger partial charge in [0.2, 0.25) is 23.6 Å². The second-order valence-electron chi connectivity index (χ2n) is 19.3. The van der Waals surface area contributed by atoms with Gasteiger partial charge in [0, 0.05) is 112 Å². The smallest absolute Gasteiger partial charge is 0.248 e. The lowest BCUT2D eigenvalue weighted by Gasteiger charge is -2.37. The molecule has 19 nitrogen and oxygen atoms in total. The van der Waals surface area contributed by atoms with E-state index in [1.54, 1.807) is 27.5 Å². The third kappa shape index (κ3) is 12.2. The second kappa shape index (κ2) is 22.9. The predicted octanol–water partition coefficient (Wildman–Crippen LogP) is 4.14. The molecule has 6 aromatic rings. The van der Waals surface area contributed by atoms with Gasteiger partial charge in [-0.05, 0) is 67.0 Å². The number of hydrogen-bond acceptors (Lipinski definition) is 11. The normalized spacial score (nSPS) is 14.8. The van der Waals surface area contributed by atoms with Crippen LogP contribution in [0.4, 0.5) is 5.69 Å². The minimum atomic E-state index is -1.06. The first-order chi connectivity index (χ1) is 35.1. The summed E-state index contributed by atoms with van der Waals surface area (Å²) in [7, 11) is 1.76. The lowest BCUT2D eigenvalue weighted by Crippen LogP contribution is -2.48. The summed E-state index contributed by atoms with van der Waals surface area (Å²) < 4.78 is 3.21. The van der Waals surface area contributed by atoms with Crippen LogP contribution in [0.5, 0.6) is 0 Å². The zero-order chi connectivity index (χ0) is 51.8. The number of piperidine rings is 1. The predicted molar refractivity (Wildman–Crippen MR) is 279 cm³/mol. The average molecular weight is 995 g/mol. The van der Waals surface area contributed by atoms with Gasteiger partial charge < -0.3 is 46.3 Å². The van der Waals surface area contributed by atoms with Crippen LogP contribution in [-0.4, -0.2) is 138 Å². The van der Waals surface area contributed by atoms with E-state index in [4.69, 9.17) is 5.10 Å². The summed E-state index contributed by atoms with van der Waals surface area (Å²) in [5.41, 5.74) is 10.1. The number of carbonyl (C=O) groups excluding carboxylic acids is 5. The van der Waals surface area contributed by atoms with Crippen LogP contribution in [0.3, 0.4) is 0 Å². The number of aromatic amines is 1. The van der Waals surface area contributed by atoms with Gasteiger partial charge in [-0.3, -0.25) is 38.3 Å². The Morgan fingerprint density at radius 1 is 0.918 bits per heavy atom. The number of rotatable bonds is 20. The highest BCUT2D eigenvalue weighted by molar-refractivity contribution is 6.04. The first kappa shape index (κ1) is 51.9. The zero-order valence-electron chi connectivity index (χ0n) is 42.3. The highest BCUT2D eigenvalue weighted by Gasteiger charge is 2.34. The molecule has 8 rings (SSSR count). The number of aliphatic hydroxyl groups excluding tert-OH is 1. The molecule has 0 bridgehead atoms. The molecule has 1 atom stereocenters. The number of aryl methyl sites for hydroxylation is 3. The number of likely N-dealkylation sites (tertiary alicyclic amines) is 1. The van der Waals surface area contributed by atoms with Gasteiger partial charge in [-0.15, -0.1) is 0 Å². The number of nitrogens with one attached hydrogen (secondary N) is 5. The number of aliphatic hydroxyl groups is 2. The molecule has 73 heavy (non-hydrogen) atoms. The summed E-state index contributed by atoms with van der Waals surface area (Å²) in [6.45, 7) is 10.00. The van der Waals surface area contributed by atoms with Crippen molar-refractivity contribution in [1.29, 1.82) is 0 Å². The molecule has 5 heterocycles. The first-order valence-corrected chi connectivity index (χ1v) is 24.9. The SMILES string of the molecule is CC(=O)c1nn(C)c(-c2ccc(CNCC(=O)NCCNC(=O)Cn3ccc(-c4cc(C)c(C)c5[nH]c6c(c45)CN(C(=O)CO)CC6)n3)cc2)c1NC=NCC1(O)CCN(C(=O)C[C@@H](C)c2ccccc2)CC1. The fourth-order valence-electron chi connectivity index (χ4n) is 9.73. The molecule has 1 saturated heterocycles. The van der Waals surface area contributed by atoms with Crippen molar-refractivity contribution in [2.24, 2.45) is 12.0 Å². The van der Waals surface area contributed by atoms with Crippen molar-refractivity contribution in [3.8, 4) is 22.5 Å². The number of Topliss-reactive ketones (excluding diaryl/α,β-unsaturated/α-hetero) is 1. The first-order valence-electron chi connectivity index (χ1n) is 24.9. The Hall–Kier alpha value is -7.48. The number of aromatic nitrogens is 5. The average Bonchev–Trinajstić information content (AvgIpc) is 4.11. The topological polar surface area (TPSA) is 244 Å². The molecule has 1 fully saturated rings. The van der Waals surface area contributed by atoms with E-state index in [0.717, 1.165) is 55.5 Å². The Morgan fingerprint density at radius 2 is 1.64 bits per heavy atom. The minimum Gasteiger partial charge on any atom is -0.388 e. The summed E-state index contributed by atoms with van der Waals surface area (Å²) in [6.07, 6.45) is 5.13. The van der Waals surface area contributed by atoms with Gasteiger partial charge in [0.1, 0.15) is 13.2 Å². The van der Waals surface area contributed by atoms with Crippen LogP contribution in [0, 0.1) is 13.8 Å². The van der Waals surface area contributed by atoms with Gasteiger partial charge in [-0.2, -0.15) is 10.2 Å². The van der Waals surface area contributed by atoms with Gasteiger partial charge in [0.05, 0.1) is 42.1 Å². The molecular weight excluding hydrogens is 929 g/mol. The van der Waals surface area contributed by atoms with Crippen molar-refractivity contribution in [3.05, 3.63) is 112 Å². The fraction of sp³-hybridized carbons (Fsp3) is 0.407. The monoisotopic (exact) mass is 995 g/mol. The van der Waals surface area contributed by atoms with Crippen molar-refractivity contribution >= 4 is 52.3 Å².